The fourth-order valence-corrected chi connectivity index (χ4v) is 4.71. The largest absolute Gasteiger partial charge is 0.378 e. The Morgan fingerprint density at radius 2 is 1.82 bits per heavy atom. The average Bonchev–Trinajstić information content (AvgIpc) is 3.47. The minimum absolute atomic E-state index is 0.193. The Kier molecular flexibility index (Phi) is 5.14. The van der Waals surface area contributed by atoms with Crippen molar-refractivity contribution < 1.29 is 13.5 Å². The summed E-state index contributed by atoms with van der Waals surface area (Å²) < 4.78 is 37.1. The van der Waals surface area contributed by atoms with E-state index in [4.69, 9.17) is 14.7 Å². The number of piperidine rings is 1. The van der Waals surface area contributed by atoms with Gasteiger partial charge in [0, 0.05) is 13.1 Å². The number of alkyl halides is 2. The Morgan fingerprint density at radius 3 is 2.61 bits per heavy atom. The van der Waals surface area contributed by atoms with Gasteiger partial charge >= 0.3 is 0 Å². The Balaban J connectivity index is 1.61. The first-order chi connectivity index (χ1) is 16.2. The second-order valence-corrected chi connectivity index (χ2v) is 8.35. The summed E-state index contributed by atoms with van der Waals surface area (Å²) >= 11 is 0. The zero-order chi connectivity index (χ0) is 22.4. The topological polar surface area (TPSA) is 85.9 Å². The number of hydrogen-bond acceptors (Lipinski definition) is 7. The highest BCUT2D eigenvalue weighted by Crippen LogP contribution is 2.33. The van der Waals surface area contributed by atoms with E-state index in [0.717, 1.165) is 25.9 Å². The molecular formula is C22H24F2N8O. The molecule has 0 atom stereocenters. The second-order valence-electron chi connectivity index (χ2n) is 8.35. The normalized spacial score (nSPS) is 18.1. The number of imidazole rings is 1. The number of para-hydroxylation sites is 2. The zero-order valence-electron chi connectivity index (χ0n) is 18.0. The summed E-state index contributed by atoms with van der Waals surface area (Å²) in [6.45, 7) is 4.22. The number of fused-ring (bicyclic) bond motifs is 2. The lowest BCUT2D eigenvalue weighted by Crippen LogP contribution is -2.37. The number of benzene rings is 1. The van der Waals surface area contributed by atoms with E-state index in [9.17, 15) is 8.78 Å². The van der Waals surface area contributed by atoms with E-state index in [1.807, 2.05) is 15.6 Å². The highest BCUT2D eigenvalue weighted by Gasteiger charge is 2.27. The van der Waals surface area contributed by atoms with Crippen molar-refractivity contribution in [2.75, 3.05) is 44.3 Å². The van der Waals surface area contributed by atoms with E-state index in [0.29, 0.717) is 60.1 Å². The molecule has 0 saturated carbocycles. The second kappa shape index (κ2) is 8.31. The molecule has 0 bridgehead atoms. The van der Waals surface area contributed by atoms with Gasteiger partial charge in [0.1, 0.15) is 0 Å². The van der Waals surface area contributed by atoms with E-state index < -0.39 is 6.43 Å². The van der Waals surface area contributed by atoms with Gasteiger partial charge in [0.15, 0.2) is 17.3 Å². The van der Waals surface area contributed by atoms with Crippen molar-refractivity contribution in [2.24, 2.45) is 0 Å². The minimum atomic E-state index is -2.76. The van der Waals surface area contributed by atoms with Gasteiger partial charge in [0.05, 0.1) is 41.9 Å². The van der Waals surface area contributed by atoms with Gasteiger partial charge in [-0.1, -0.05) is 12.1 Å². The highest BCUT2D eigenvalue weighted by atomic mass is 19.3. The van der Waals surface area contributed by atoms with E-state index in [-0.39, 0.29) is 11.9 Å². The third-order valence-corrected chi connectivity index (χ3v) is 6.36. The maximum atomic E-state index is 14.1. The van der Waals surface area contributed by atoms with E-state index in [1.54, 1.807) is 24.4 Å². The van der Waals surface area contributed by atoms with Crippen LogP contribution < -0.4 is 10.2 Å². The third kappa shape index (κ3) is 3.51. The van der Waals surface area contributed by atoms with Gasteiger partial charge in [-0.15, -0.1) is 0 Å². The molecule has 3 aromatic heterocycles. The molecule has 33 heavy (non-hydrogen) atoms. The lowest BCUT2D eigenvalue weighted by Gasteiger charge is -2.28. The van der Waals surface area contributed by atoms with Crippen LogP contribution in [-0.4, -0.2) is 68.7 Å². The Hall–Kier alpha value is -3.18. The van der Waals surface area contributed by atoms with Crippen molar-refractivity contribution in [1.82, 2.24) is 34.6 Å². The van der Waals surface area contributed by atoms with E-state index in [2.05, 4.69) is 15.4 Å². The van der Waals surface area contributed by atoms with Crippen molar-refractivity contribution in [3.05, 3.63) is 36.3 Å². The molecule has 0 radical (unpaired) electrons. The number of nitrogens with zero attached hydrogens (tertiary/aromatic N) is 7. The van der Waals surface area contributed by atoms with Gasteiger partial charge in [-0.3, -0.25) is 4.57 Å². The lowest BCUT2D eigenvalue weighted by molar-refractivity contribution is 0.122. The maximum Gasteiger partial charge on any atom is 0.296 e. The monoisotopic (exact) mass is 454 g/mol. The minimum Gasteiger partial charge on any atom is -0.378 e. The van der Waals surface area contributed by atoms with Crippen LogP contribution in [0.1, 0.15) is 31.1 Å². The Bertz CT molecular complexity index is 1290. The van der Waals surface area contributed by atoms with Crippen LogP contribution in [0.3, 0.4) is 0 Å². The van der Waals surface area contributed by atoms with Gasteiger partial charge in [0.25, 0.3) is 6.43 Å². The molecule has 1 aromatic carbocycles. The molecule has 1 N–H and O–H groups in total. The Labute approximate surface area is 188 Å². The zero-order valence-corrected chi connectivity index (χ0v) is 18.0. The predicted octanol–water partition coefficient (Wildman–Crippen LogP) is 2.86. The van der Waals surface area contributed by atoms with Crippen LogP contribution in [0.25, 0.3) is 27.9 Å². The third-order valence-electron chi connectivity index (χ3n) is 6.36. The van der Waals surface area contributed by atoms with Crippen LogP contribution in [0.2, 0.25) is 0 Å². The SMILES string of the molecule is FC(F)c1nc2ccccc2n1-c1nc(N2CCOCC2)nc2c1cnn2C1CCNCC1. The van der Waals surface area contributed by atoms with Crippen LogP contribution in [0.4, 0.5) is 14.7 Å². The molecule has 11 heteroatoms. The van der Waals surface area contributed by atoms with Gasteiger partial charge in [-0.2, -0.15) is 15.1 Å². The van der Waals surface area contributed by atoms with Gasteiger partial charge in [-0.25, -0.2) is 18.4 Å². The van der Waals surface area contributed by atoms with Crippen molar-refractivity contribution in [2.45, 2.75) is 25.3 Å². The number of hydrogen-bond donors (Lipinski definition) is 1. The molecule has 9 nitrogen and oxygen atoms in total. The summed E-state index contributed by atoms with van der Waals surface area (Å²) in [6, 6.07) is 7.32. The highest BCUT2D eigenvalue weighted by molar-refractivity contribution is 5.87. The summed E-state index contributed by atoms with van der Waals surface area (Å²) in [5.74, 6) is 0.541. The predicted molar refractivity (Wildman–Crippen MR) is 119 cm³/mol. The van der Waals surface area contributed by atoms with Gasteiger partial charge in [-0.05, 0) is 38.1 Å². The fourth-order valence-electron chi connectivity index (χ4n) is 4.71. The molecular weight excluding hydrogens is 430 g/mol. The number of halogens is 2. The maximum absolute atomic E-state index is 14.1. The number of ether oxygens (including phenoxy) is 1. The summed E-state index contributed by atoms with van der Waals surface area (Å²) in [4.78, 5) is 15.9. The van der Waals surface area contributed by atoms with Crippen LogP contribution in [0.5, 0.6) is 0 Å². The molecule has 5 heterocycles. The van der Waals surface area contributed by atoms with Crippen LogP contribution >= 0.6 is 0 Å². The first kappa shape index (κ1) is 20.4. The smallest absolute Gasteiger partial charge is 0.296 e. The molecule has 0 spiro atoms. The molecule has 0 amide bonds. The first-order valence-electron chi connectivity index (χ1n) is 11.3. The lowest BCUT2D eigenvalue weighted by atomic mass is 10.1. The van der Waals surface area contributed by atoms with Gasteiger partial charge in [0.2, 0.25) is 5.95 Å². The van der Waals surface area contributed by atoms with Crippen molar-refractivity contribution in [3.8, 4) is 5.82 Å². The van der Waals surface area contributed by atoms with Crippen LogP contribution in [-0.2, 0) is 4.74 Å². The van der Waals surface area contributed by atoms with Crippen molar-refractivity contribution in [1.29, 1.82) is 0 Å². The molecule has 172 valence electrons. The van der Waals surface area contributed by atoms with Crippen LogP contribution in [0.15, 0.2) is 30.5 Å². The van der Waals surface area contributed by atoms with Crippen molar-refractivity contribution in [3.63, 3.8) is 0 Å². The van der Waals surface area contributed by atoms with Crippen LogP contribution in [0, 0.1) is 0 Å². The molecule has 2 aliphatic rings. The summed E-state index contributed by atoms with van der Waals surface area (Å²) in [6.07, 6.45) is 0.798. The molecule has 2 aliphatic heterocycles. The molecule has 0 aliphatic carbocycles. The van der Waals surface area contributed by atoms with E-state index >= 15 is 0 Å². The number of aromatic nitrogens is 6. The number of anilines is 1. The summed E-state index contributed by atoms with van der Waals surface area (Å²) in [5, 5.41) is 8.66. The Morgan fingerprint density at radius 1 is 1.03 bits per heavy atom. The first-order valence-corrected chi connectivity index (χ1v) is 11.3. The quantitative estimate of drug-likeness (QED) is 0.508. The van der Waals surface area contributed by atoms with Crippen molar-refractivity contribution >= 4 is 28.0 Å². The number of morpholine rings is 1. The summed E-state index contributed by atoms with van der Waals surface area (Å²) in [5.41, 5.74) is 1.74. The molecule has 2 saturated heterocycles. The molecule has 4 aromatic rings. The number of nitrogens with one attached hydrogen (secondary N) is 1. The van der Waals surface area contributed by atoms with E-state index in [1.165, 1.54) is 4.57 Å². The molecule has 6 rings (SSSR count). The molecule has 2 fully saturated rings. The molecule has 0 unspecified atom stereocenters. The fraction of sp³-hybridized carbons (Fsp3) is 0.455. The summed E-state index contributed by atoms with van der Waals surface area (Å²) in [7, 11) is 0. The standard InChI is InChI=1S/C22H24F2N8O/c23-18(24)21-27-16-3-1-2-4-17(16)31(21)19-15-13-26-32(14-5-7-25-8-6-14)20(15)29-22(28-19)30-9-11-33-12-10-30/h1-4,13-14,18,25H,5-12H2. The van der Waals surface area contributed by atoms with Gasteiger partial charge < -0.3 is 15.0 Å². The average molecular weight is 454 g/mol. The number of rotatable bonds is 4.